The number of hydrogen-bond donors (Lipinski definition) is 4. The van der Waals surface area contributed by atoms with Crippen molar-refractivity contribution < 1.29 is 24.3 Å². The van der Waals surface area contributed by atoms with E-state index in [1.54, 1.807) is 55.1 Å². The molecule has 4 N–H and O–H groups in total. The Morgan fingerprint density at radius 2 is 1.64 bits per heavy atom. The van der Waals surface area contributed by atoms with Crippen LogP contribution in [0.15, 0.2) is 66.7 Å². The molecule has 0 saturated heterocycles. The Labute approximate surface area is 227 Å². The van der Waals surface area contributed by atoms with Crippen LogP contribution in [0.4, 0.5) is 21.9 Å². The minimum atomic E-state index is -0.947. The first-order valence-electron chi connectivity index (χ1n) is 12.7. The maximum absolute atomic E-state index is 13.3. The molecule has 0 spiro atoms. The molecule has 0 unspecified atom stereocenters. The summed E-state index contributed by atoms with van der Waals surface area (Å²) in [4.78, 5) is 50.9. The summed E-state index contributed by atoms with van der Waals surface area (Å²) >= 11 is 0. The fourth-order valence-corrected chi connectivity index (χ4v) is 4.54. The predicted molar refractivity (Wildman–Crippen MR) is 151 cm³/mol. The standard InChI is InChI=1S/C30H32N4O5/c1-19-6-4-5-7-25(19)32-29(39)31-22-10-8-20(9-11-22)27(37)30(2,3)33-23-12-13-24-21(18-23)14-16-34(28(24)38)17-15-26(35)36/h4-13,18,33H,14-17H2,1-3H3,(H,35,36)(H2,31,32,39). The van der Waals surface area contributed by atoms with Gasteiger partial charge in [-0.3, -0.25) is 14.4 Å². The highest BCUT2D eigenvalue weighted by Crippen LogP contribution is 2.26. The number of para-hydroxylation sites is 1. The van der Waals surface area contributed by atoms with E-state index in [4.69, 9.17) is 5.11 Å². The van der Waals surface area contributed by atoms with Crippen LogP contribution in [-0.4, -0.2) is 52.3 Å². The van der Waals surface area contributed by atoms with E-state index < -0.39 is 11.5 Å². The summed E-state index contributed by atoms with van der Waals surface area (Å²) in [5.74, 6) is -1.25. The Kier molecular flexibility index (Phi) is 7.99. The van der Waals surface area contributed by atoms with E-state index in [0.29, 0.717) is 35.5 Å². The SMILES string of the molecule is Cc1ccccc1NC(=O)Nc1ccc(C(=O)C(C)(C)Nc2ccc3c(c2)CCN(CCC(=O)O)C3=O)cc1. The number of nitrogens with one attached hydrogen (secondary N) is 3. The lowest BCUT2D eigenvalue weighted by Crippen LogP contribution is -2.41. The third-order valence-corrected chi connectivity index (χ3v) is 6.69. The Morgan fingerprint density at radius 3 is 2.33 bits per heavy atom. The van der Waals surface area contributed by atoms with Crippen molar-refractivity contribution in [1.82, 2.24) is 4.90 Å². The lowest BCUT2D eigenvalue weighted by atomic mass is 9.92. The molecule has 0 aromatic heterocycles. The second kappa shape index (κ2) is 11.4. The number of fused-ring (bicyclic) bond motifs is 1. The summed E-state index contributed by atoms with van der Waals surface area (Å²) in [6.45, 7) is 6.12. The first-order chi connectivity index (χ1) is 18.5. The fraction of sp³-hybridized carbons (Fsp3) is 0.267. The van der Waals surface area contributed by atoms with E-state index >= 15 is 0 Å². The molecule has 9 heteroatoms. The molecule has 9 nitrogen and oxygen atoms in total. The zero-order valence-electron chi connectivity index (χ0n) is 22.2. The number of rotatable bonds is 9. The van der Waals surface area contributed by atoms with Gasteiger partial charge in [0.05, 0.1) is 12.0 Å². The number of aliphatic carboxylic acids is 1. The number of urea groups is 1. The Morgan fingerprint density at radius 1 is 0.949 bits per heavy atom. The molecule has 3 aromatic rings. The van der Waals surface area contributed by atoms with Gasteiger partial charge in [-0.2, -0.15) is 0 Å². The van der Waals surface area contributed by atoms with Crippen molar-refractivity contribution in [3.63, 3.8) is 0 Å². The predicted octanol–water partition coefficient (Wildman–Crippen LogP) is 5.19. The van der Waals surface area contributed by atoms with E-state index in [1.807, 2.05) is 37.3 Å². The van der Waals surface area contributed by atoms with Crippen molar-refractivity contribution in [2.45, 2.75) is 39.2 Å². The summed E-state index contributed by atoms with van der Waals surface area (Å²) in [5, 5.41) is 17.8. The average molecular weight is 529 g/mol. The third kappa shape index (κ3) is 6.62. The number of carboxylic acids is 1. The molecule has 1 aliphatic rings. The third-order valence-electron chi connectivity index (χ3n) is 6.69. The molecule has 0 bridgehead atoms. The number of carboxylic acid groups (broad SMARTS) is 1. The maximum atomic E-state index is 13.3. The number of Topliss-reactive ketones (excluding diaryl/α,β-unsaturated/α-hetero) is 1. The van der Waals surface area contributed by atoms with Crippen LogP contribution in [0, 0.1) is 6.92 Å². The van der Waals surface area contributed by atoms with E-state index in [9.17, 15) is 19.2 Å². The number of aryl methyl sites for hydroxylation is 1. The summed E-state index contributed by atoms with van der Waals surface area (Å²) in [5.41, 5.74) is 3.89. The summed E-state index contributed by atoms with van der Waals surface area (Å²) in [7, 11) is 0. The Balaban J connectivity index is 1.38. The topological polar surface area (TPSA) is 128 Å². The quantitative estimate of drug-likeness (QED) is 0.283. The Hall–Kier alpha value is -4.66. The number of amides is 3. The van der Waals surface area contributed by atoms with Gasteiger partial charge in [0.2, 0.25) is 0 Å². The maximum Gasteiger partial charge on any atom is 0.323 e. The number of carbonyl (C=O) groups is 4. The number of benzene rings is 3. The number of carbonyl (C=O) groups excluding carboxylic acids is 3. The molecule has 0 fully saturated rings. The van der Waals surface area contributed by atoms with Crippen LogP contribution in [-0.2, 0) is 11.2 Å². The van der Waals surface area contributed by atoms with Crippen LogP contribution in [0.25, 0.3) is 0 Å². The van der Waals surface area contributed by atoms with Crippen LogP contribution in [0.2, 0.25) is 0 Å². The van der Waals surface area contributed by atoms with Crippen LogP contribution in [0.1, 0.15) is 52.1 Å². The molecule has 0 atom stereocenters. The van der Waals surface area contributed by atoms with Gasteiger partial charge in [0.1, 0.15) is 0 Å². The number of nitrogens with zero attached hydrogens (tertiary/aromatic N) is 1. The van der Waals surface area contributed by atoms with E-state index in [-0.39, 0.29) is 30.7 Å². The Bertz CT molecular complexity index is 1420. The van der Waals surface area contributed by atoms with Crippen molar-refractivity contribution in [2.75, 3.05) is 29.0 Å². The highest BCUT2D eigenvalue weighted by atomic mass is 16.4. The lowest BCUT2D eigenvalue weighted by molar-refractivity contribution is -0.137. The van der Waals surface area contributed by atoms with Gasteiger partial charge in [-0.25, -0.2) is 4.79 Å². The van der Waals surface area contributed by atoms with Gasteiger partial charge < -0.3 is 26.0 Å². The minimum absolute atomic E-state index is 0.0887. The monoisotopic (exact) mass is 528 g/mol. The normalized spacial score (nSPS) is 12.9. The van der Waals surface area contributed by atoms with Gasteiger partial charge in [-0.15, -0.1) is 0 Å². The molecular formula is C30H32N4O5. The second-order valence-corrected chi connectivity index (χ2v) is 10.1. The van der Waals surface area contributed by atoms with Gasteiger partial charge in [0.15, 0.2) is 5.78 Å². The van der Waals surface area contributed by atoms with E-state index in [1.165, 1.54) is 0 Å². The van der Waals surface area contributed by atoms with Crippen LogP contribution >= 0.6 is 0 Å². The largest absolute Gasteiger partial charge is 0.481 e. The zero-order valence-corrected chi connectivity index (χ0v) is 22.2. The van der Waals surface area contributed by atoms with Gasteiger partial charge in [-0.1, -0.05) is 18.2 Å². The highest BCUT2D eigenvalue weighted by molar-refractivity contribution is 6.05. The number of ketones is 1. The molecule has 0 saturated carbocycles. The molecule has 202 valence electrons. The molecule has 1 heterocycles. The molecule has 3 aromatic carbocycles. The van der Waals surface area contributed by atoms with Crippen molar-refractivity contribution in [3.8, 4) is 0 Å². The number of anilines is 3. The molecule has 1 aliphatic heterocycles. The molecule has 39 heavy (non-hydrogen) atoms. The molecule has 4 rings (SSSR count). The molecular weight excluding hydrogens is 496 g/mol. The summed E-state index contributed by atoms with van der Waals surface area (Å²) in [6.07, 6.45) is 0.519. The van der Waals surface area contributed by atoms with Gasteiger partial charge >= 0.3 is 12.0 Å². The fourth-order valence-electron chi connectivity index (χ4n) is 4.54. The van der Waals surface area contributed by atoms with Crippen molar-refractivity contribution in [1.29, 1.82) is 0 Å². The average Bonchev–Trinajstić information content (AvgIpc) is 2.89. The lowest BCUT2D eigenvalue weighted by Gasteiger charge is -2.30. The van der Waals surface area contributed by atoms with Crippen LogP contribution in [0.3, 0.4) is 0 Å². The first kappa shape index (κ1) is 27.4. The van der Waals surface area contributed by atoms with E-state index in [2.05, 4.69) is 16.0 Å². The van der Waals surface area contributed by atoms with Gasteiger partial charge in [-0.05, 0) is 86.8 Å². The molecule has 0 radical (unpaired) electrons. The van der Waals surface area contributed by atoms with Crippen LogP contribution < -0.4 is 16.0 Å². The minimum Gasteiger partial charge on any atom is -0.481 e. The van der Waals surface area contributed by atoms with Crippen molar-refractivity contribution >= 4 is 40.8 Å². The first-order valence-corrected chi connectivity index (χ1v) is 12.7. The van der Waals surface area contributed by atoms with Crippen LogP contribution in [0.5, 0.6) is 0 Å². The van der Waals surface area contributed by atoms with E-state index in [0.717, 1.165) is 16.8 Å². The summed E-state index contributed by atoms with van der Waals surface area (Å²) in [6, 6.07) is 19.2. The van der Waals surface area contributed by atoms with Gasteiger partial charge in [0, 0.05) is 41.3 Å². The van der Waals surface area contributed by atoms with Crippen molar-refractivity contribution in [2.24, 2.45) is 0 Å². The van der Waals surface area contributed by atoms with Gasteiger partial charge in [0.25, 0.3) is 5.91 Å². The smallest absolute Gasteiger partial charge is 0.323 e. The van der Waals surface area contributed by atoms with Crippen molar-refractivity contribution in [3.05, 3.63) is 89.0 Å². The highest BCUT2D eigenvalue weighted by Gasteiger charge is 2.30. The second-order valence-electron chi connectivity index (χ2n) is 10.1. The molecule has 3 amide bonds. The number of hydrogen-bond acceptors (Lipinski definition) is 5. The summed E-state index contributed by atoms with van der Waals surface area (Å²) < 4.78 is 0. The molecule has 0 aliphatic carbocycles. The zero-order chi connectivity index (χ0) is 28.2.